The Balaban J connectivity index is 2.22. The van der Waals surface area contributed by atoms with Crippen molar-refractivity contribution in [3.8, 4) is 0 Å². The number of nitrogens with zero attached hydrogens (tertiary/aromatic N) is 2. The zero-order chi connectivity index (χ0) is 13.1. The van der Waals surface area contributed by atoms with Crippen molar-refractivity contribution in [3.05, 3.63) is 15.1 Å². The van der Waals surface area contributed by atoms with E-state index in [9.17, 15) is 0 Å². The molecule has 1 aromatic heterocycles. The number of rotatable bonds is 3. The molecule has 1 aliphatic rings. The average molecular weight is 359 g/mol. The maximum Gasteiger partial charge on any atom is 0.143 e. The summed E-state index contributed by atoms with van der Waals surface area (Å²) in [4.78, 5) is 9.45. The van der Waals surface area contributed by atoms with Crippen LogP contribution in [0.2, 0.25) is 0 Å². The number of aromatic nitrogens is 2. The Hall–Kier alpha value is -0.390. The predicted octanol–water partition coefficient (Wildman–Crippen LogP) is 4.12. The van der Waals surface area contributed by atoms with Crippen LogP contribution in [-0.4, -0.2) is 16.5 Å². The largest absolute Gasteiger partial charge is 0.369 e. The third-order valence-corrected chi connectivity index (χ3v) is 5.05. The molecule has 0 saturated heterocycles. The van der Waals surface area contributed by atoms with Gasteiger partial charge in [0.25, 0.3) is 0 Å². The molecule has 0 bridgehead atoms. The highest BCUT2D eigenvalue weighted by Crippen LogP contribution is 2.35. The minimum absolute atomic E-state index is 0.564. The molecule has 1 aliphatic carbocycles. The molecule has 100 valence electrons. The Morgan fingerprint density at radius 3 is 2.50 bits per heavy atom. The van der Waals surface area contributed by atoms with Crippen LogP contribution in [0.5, 0.6) is 0 Å². The van der Waals surface area contributed by atoms with Crippen LogP contribution in [0.3, 0.4) is 0 Å². The number of hydrogen-bond donors (Lipinski definition) is 1. The molecule has 1 N–H and O–H groups in total. The van der Waals surface area contributed by atoms with E-state index in [1.165, 1.54) is 25.7 Å². The fourth-order valence-corrected chi connectivity index (χ4v) is 3.00. The molecule has 0 aliphatic heterocycles. The second-order valence-electron chi connectivity index (χ2n) is 5.32. The summed E-state index contributed by atoms with van der Waals surface area (Å²) < 4.78 is 1.15. The van der Waals surface area contributed by atoms with Gasteiger partial charge in [0.1, 0.15) is 11.6 Å². The zero-order valence-electron chi connectivity index (χ0n) is 11.5. The van der Waals surface area contributed by atoms with E-state index in [-0.39, 0.29) is 0 Å². The van der Waals surface area contributed by atoms with Crippen LogP contribution in [-0.2, 0) is 0 Å². The summed E-state index contributed by atoms with van der Waals surface area (Å²) in [5.41, 5.74) is 1.11. The van der Waals surface area contributed by atoms with E-state index in [0.717, 1.165) is 33.4 Å². The molecule has 2 rings (SSSR count). The van der Waals surface area contributed by atoms with Crippen LogP contribution in [0.4, 0.5) is 5.82 Å². The van der Waals surface area contributed by atoms with E-state index >= 15 is 0 Å². The van der Waals surface area contributed by atoms with Crippen LogP contribution < -0.4 is 5.32 Å². The van der Waals surface area contributed by atoms with Crippen molar-refractivity contribution >= 4 is 28.4 Å². The molecule has 0 radical (unpaired) electrons. The number of aryl methyl sites for hydroxylation is 1. The first kappa shape index (κ1) is 14.0. The third kappa shape index (κ3) is 3.13. The molecule has 3 nitrogen and oxygen atoms in total. The maximum atomic E-state index is 4.74. The van der Waals surface area contributed by atoms with Crippen molar-refractivity contribution in [1.82, 2.24) is 9.97 Å². The van der Waals surface area contributed by atoms with Crippen molar-refractivity contribution in [3.63, 3.8) is 0 Å². The van der Waals surface area contributed by atoms with E-state index in [1.807, 2.05) is 0 Å². The summed E-state index contributed by atoms with van der Waals surface area (Å²) in [5, 5.41) is 3.35. The Morgan fingerprint density at radius 1 is 1.22 bits per heavy atom. The fraction of sp³-hybridized carbons (Fsp3) is 0.714. The Bertz CT molecular complexity index is 412. The fourth-order valence-electron chi connectivity index (χ4n) is 2.57. The van der Waals surface area contributed by atoms with Crippen molar-refractivity contribution in [2.24, 2.45) is 5.92 Å². The minimum atomic E-state index is 0.564. The highest BCUT2D eigenvalue weighted by atomic mass is 127. The first-order chi connectivity index (χ1) is 8.61. The summed E-state index contributed by atoms with van der Waals surface area (Å²) in [7, 11) is 0. The lowest BCUT2D eigenvalue weighted by Crippen LogP contribution is -2.16. The van der Waals surface area contributed by atoms with Gasteiger partial charge in [-0.15, -0.1) is 0 Å². The summed E-state index contributed by atoms with van der Waals surface area (Å²) in [6.07, 6.45) is 5.12. The van der Waals surface area contributed by atoms with Crippen molar-refractivity contribution in [1.29, 1.82) is 0 Å². The topological polar surface area (TPSA) is 37.8 Å². The van der Waals surface area contributed by atoms with Crippen LogP contribution in [0.15, 0.2) is 0 Å². The van der Waals surface area contributed by atoms with Gasteiger partial charge < -0.3 is 5.32 Å². The van der Waals surface area contributed by atoms with Crippen molar-refractivity contribution in [2.45, 2.75) is 52.4 Å². The third-order valence-electron chi connectivity index (χ3n) is 3.76. The van der Waals surface area contributed by atoms with Crippen molar-refractivity contribution in [2.75, 3.05) is 11.9 Å². The van der Waals surface area contributed by atoms with E-state index in [0.29, 0.717) is 5.92 Å². The van der Waals surface area contributed by atoms with Crippen LogP contribution in [0.25, 0.3) is 0 Å². The highest BCUT2D eigenvalue weighted by molar-refractivity contribution is 14.1. The molecule has 0 atom stereocenters. The van der Waals surface area contributed by atoms with Gasteiger partial charge in [0, 0.05) is 12.5 Å². The summed E-state index contributed by atoms with van der Waals surface area (Å²) in [5.74, 6) is 3.50. The molecule has 0 aromatic carbocycles. The molecule has 18 heavy (non-hydrogen) atoms. The summed E-state index contributed by atoms with van der Waals surface area (Å²) >= 11 is 2.33. The van der Waals surface area contributed by atoms with Gasteiger partial charge in [-0.3, -0.25) is 0 Å². The molecule has 1 saturated carbocycles. The quantitative estimate of drug-likeness (QED) is 0.826. The molecular weight excluding hydrogens is 337 g/mol. The molecule has 0 unspecified atom stereocenters. The second kappa shape index (κ2) is 6.17. The monoisotopic (exact) mass is 359 g/mol. The van der Waals surface area contributed by atoms with E-state index in [4.69, 9.17) is 9.97 Å². The predicted molar refractivity (Wildman–Crippen MR) is 84.0 cm³/mol. The van der Waals surface area contributed by atoms with Gasteiger partial charge in [-0.1, -0.05) is 19.8 Å². The van der Waals surface area contributed by atoms with Gasteiger partial charge in [-0.25, -0.2) is 9.97 Å². The lowest BCUT2D eigenvalue weighted by molar-refractivity contribution is 0.339. The highest BCUT2D eigenvalue weighted by Gasteiger charge is 2.23. The first-order valence-corrected chi connectivity index (χ1v) is 7.97. The van der Waals surface area contributed by atoms with E-state index in [2.05, 4.69) is 48.7 Å². The van der Waals surface area contributed by atoms with E-state index < -0.39 is 0 Å². The normalized spacial score (nSPS) is 24.0. The molecule has 0 spiro atoms. The van der Waals surface area contributed by atoms with E-state index in [1.54, 1.807) is 0 Å². The van der Waals surface area contributed by atoms with Gasteiger partial charge >= 0.3 is 0 Å². The smallest absolute Gasteiger partial charge is 0.143 e. The molecule has 0 amide bonds. The number of anilines is 1. The molecule has 1 heterocycles. The van der Waals surface area contributed by atoms with Gasteiger partial charge in [-0.2, -0.15) is 0 Å². The molecule has 1 aromatic rings. The van der Waals surface area contributed by atoms with Gasteiger partial charge in [-0.05, 0) is 55.2 Å². The Kier molecular flexibility index (Phi) is 4.81. The lowest BCUT2D eigenvalue weighted by Gasteiger charge is -2.25. The summed E-state index contributed by atoms with van der Waals surface area (Å²) in [6.45, 7) is 7.45. The standard InChI is InChI=1S/C14H22IN3/c1-4-16-14-12(15)10(3)17-13(18-14)11-7-5-9(2)6-8-11/h9,11H,4-8H2,1-3H3,(H,16,17,18). The van der Waals surface area contributed by atoms with Crippen LogP contribution >= 0.6 is 22.6 Å². The second-order valence-corrected chi connectivity index (χ2v) is 6.40. The van der Waals surface area contributed by atoms with Crippen LogP contribution in [0, 0.1) is 16.4 Å². The number of halogens is 1. The molecule has 4 heteroatoms. The lowest BCUT2D eigenvalue weighted by atomic mass is 9.82. The van der Waals surface area contributed by atoms with Gasteiger partial charge in [0.15, 0.2) is 0 Å². The molecule has 1 fully saturated rings. The Morgan fingerprint density at radius 2 is 1.89 bits per heavy atom. The Labute approximate surface area is 123 Å². The number of nitrogens with one attached hydrogen (secondary N) is 1. The average Bonchev–Trinajstić information content (AvgIpc) is 2.36. The van der Waals surface area contributed by atoms with Gasteiger partial charge in [0.2, 0.25) is 0 Å². The van der Waals surface area contributed by atoms with Crippen molar-refractivity contribution < 1.29 is 0 Å². The molecular formula is C14H22IN3. The van der Waals surface area contributed by atoms with Crippen LogP contribution in [0.1, 0.15) is 57.0 Å². The number of hydrogen-bond acceptors (Lipinski definition) is 3. The first-order valence-electron chi connectivity index (χ1n) is 6.89. The maximum absolute atomic E-state index is 4.74. The SMILES string of the molecule is CCNc1nc(C2CCC(C)CC2)nc(C)c1I. The minimum Gasteiger partial charge on any atom is -0.369 e. The zero-order valence-corrected chi connectivity index (χ0v) is 13.6. The summed E-state index contributed by atoms with van der Waals surface area (Å²) in [6, 6.07) is 0. The van der Waals surface area contributed by atoms with Gasteiger partial charge in [0.05, 0.1) is 9.26 Å².